The highest BCUT2D eigenvalue weighted by molar-refractivity contribution is 6.18. The average molecular weight is 319 g/mol. The van der Waals surface area contributed by atoms with Gasteiger partial charge in [0.1, 0.15) is 0 Å². The van der Waals surface area contributed by atoms with Crippen molar-refractivity contribution in [1.29, 1.82) is 0 Å². The van der Waals surface area contributed by atoms with E-state index in [1.54, 1.807) is 4.90 Å². The van der Waals surface area contributed by atoms with E-state index < -0.39 is 0 Å². The maximum absolute atomic E-state index is 12.5. The molecular formula is C15H24Cl2N2O. The fraction of sp³-hybridized carbons (Fsp3) is 0.933. The van der Waals surface area contributed by atoms with E-state index in [-0.39, 0.29) is 11.6 Å². The third kappa shape index (κ3) is 2.89. The molecule has 4 saturated carbocycles. The van der Waals surface area contributed by atoms with E-state index in [1.807, 2.05) is 0 Å². The quantitative estimate of drug-likeness (QED) is 0.774. The van der Waals surface area contributed by atoms with Gasteiger partial charge in [0, 0.05) is 30.4 Å². The molecule has 0 spiro atoms. The van der Waals surface area contributed by atoms with Gasteiger partial charge in [0.15, 0.2) is 0 Å². The Hall–Kier alpha value is -0.150. The molecule has 0 atom stereocenters. The first-order chi connectivity index (χ1) is 9.64. The highest BCUT2D eigenvalue weighted by Gasteiger charge is 2.51. The van der Waals surface area contributed by atoms with Crippen LogP contribution < -0.4 is 5.32 Å². The molecule has 0 unspecified atom stereocenters. The van der Waals surface area contributed by atoms with Crippen molar-refractivity contribution in [2.45, 2.75) is 44.1 Å². The lowest BCUT2D eigenvalue weighted by Crippen LogP contribution is -2.62. The molecule has 0 heterocycles. The number of amides is 2. The van der Waals surface area contributed by atoms with Gasteiger partial charge in [0.25, 0.3) is 0 Å². The highest BCUT2D eigenvalue weighted by atomic mass is 35.5. The summed E-state index contributed by atoms with van der Waals surface area (Å²) in [5.41, 5.74) is 0.0721. The smallest absolute Gasteiger partial charge is 0.317 e. The van der Waals surface area contributed by atoms with Crippen LogP contribution in [-0.2, 0) is 0 Å². The Kier molecular flexibility index (Phi) is 4.37. The van der Waals surface area contributed by atoms with Crippen LogP contribution in [0.15, 0.2) is 0 Å². The van der Waals surface area contributed by atoms with Crippen LogP contribution in [0, 0.1) is 17.8 Å². The number of halogens is 2. The first-order valence-corrected chi connectivity index (χ1v) is 8.90. The second-order valence-electron chi connectivity index (χ2n) is 6.99. The van der Waals surface area contributed by atoms with Crippen molar-refractivity contribution in [1.82, 2.24) is 10.2 Å². The van der Waals surface area contributed by atoms with E-state index in [9.17, 15) is 4.79 Å². The molecule has 4 fully saturated rings. The second kappa shape index (κ2) is 5.92. The third-order valence-electron chi connectivity index (χ3n) is 5.41. The van der Waals surface area contributed by atoms with Crippen LogP contribution in [0.2, 0.25) is 0 Å². The molecule has 2 amide bonds. The summed E-state index contributed by atoms with van der Waals surface area (Å²) >= 11 is 11.6. The van der Waals surface area contributed by atoms with E-state index in [0.717, 1.165) is 17.8 Å². The summed E-state index contributed by atoms with van der Waals surface area (Å²) in [6, 6.07) is 0.0354. The summed E-state index contributed by atoms with van der Waals surface area (Å²) in [5.74, 6) is 3.46. The van der Waals surface area contributed by atoms with Gasteiger partial charge in [0.2, 0.25) is 0 Å². The number of urea groups is 1. The minimum absolute atomic E-state index is 0.0354. The fourth-order valence-electron chi connectivity index (χ4n) is 5.09. The number of nitrogens with one attached hydrogen (secondary N) is 1. The molecule has 4 aliphatic carbocycles. The number of carbonyl (C=O) groups excluding carboxylic acids is 1. The highest BCUT2D eigenvalue weighted by Crippen LogP contribution is 2.55. The van der Waals surface area contributed by atoms with Crippen LogP contribution in [0.1, 0.15) is 38.5 Å². The minimum atomic E-state index is 0.0354. The number of alkyl halides is 2. The van der Waals surface area contributed by atoms with Gasteiger partial charge in [0.05, 0.1) is 0 Å². The maximum atomic E-state index is 12.5. The van der Waals surface area contributed by atoms with E-state index in [2.05, 4.69) is 5.32 Å². The van der Waals surface area contributed by atoms with Crippen LogP contribution >= 0.6 is 23.2 Å². The molecule has 1 N–H and O–H groups in total. The Labute approximate surface area is 131 Å². The van der Waals surface area contributed by atoms with Crippen molar-refractivity contribution >= 4 is 29.2 Å². The summed E-state index contributed by atoms with van der Waals surface area (Å²) in [6.07, 6.45) is 7.72. The fourth-order valence-corrected chi connectivity index (χ4v) is 5.50. The van der Waals surface area contributed by atoms with Crippen LogP contribution in [0.25, 0.3) is 0 Å². The summed E-state index contributed by atoms with van der Waals surface area (Å²) in [6.45, 7) is 1.15. The predicted octanol–water partition coefficient (Wildman–Crippen LogP) is 3.44. The molecule has 0 aliphatic heterocycles. The number of nitrogens with zero attached hydrogens (tertiary/aromatic N) is 1. The Morgan fingerprint density at radius 2 is 1.45 bits per heavy atom. The summed E-state index contributed by atoms with van der Waals surface area (Å²) < 4.78 is 0. The maximum Gasteiger partial charge on any atom is 0.317 e. The molecule has 0 saturated heterocycles. The number of carbonyl (C=O) groups is 1. The van der Waals surface area contributed by atoms with Gasteiger partial charge in [-0.25, -0.2) is 4.79 Å². The van der Waals surface area contributed by atoms with Crippen molar-refractivity contribution in [3.63, 3.8) is 0 Å². The number of rotatable bonds is 5. The van der Waals surface area contributed by atoms with Gasteiger partial charge < -0.3 is 10.2 Å². The largest absolute Gasteiger partial charge is 0.333 e. The van der Waals surface area contributed by atoms with E-state index in [1.165, 1.54) is 38.5 Å². The monoisotopic (exact) mass is 318 g/mol. The van der Waals surface area contributed by atoms with Gasteiger partial charge in [-0.1, -0.05) is 0 Å². The SMILES string of the molecule is O=C(NC12CC3CC(CC(C3)C1)C2)N(CCCl)CCCl. The zero-order valence-electron chi connectivity index (χ0n) is 11.9. The molecule has 0 aromatic rings. The van der Waals surface area contributed by atoms with E-state index in [4.69, 9.17) is 23.2 Å². The number of hydrogen-bond donors (Lipinski definition) is 1. The molecule has 4 aliphatic rings. The zero-order chi connectivity index (χ0) is 14.2. The van der Waals surface area contributed by atoms with Crippen LogP contribution in [-0.4, -0.2) is 41.3 Å². The zero-order valence-corrected chi connectivity index (χ0v) is 13.4. The van der Waals surface area contributed by atoms with Gasteiger partial charge in [-0.3, -0.25) is 0 Å². The van der Waals surface area contributed by atoms with E-state index in [0.29, 0.717) is 24.8 Å². The average Bonchev–Trinajstić information content (AvgIpc) is 2.36. The molecule has 3 nitrogen and oxygen atoms in total. The van der Waals surface area contributed by atoms with Crippen LogP contribution in [0.4, 0.5) is 4.79 Å². The molecule has 4 rings (SSSR count). The summed E-state index contributed by atoms with van der Waals surface area (Å²) in [7, 11) is 0. The normalized spacial score (nSPS) is 38.0. The molecule has 114 valence electrons. The lowest BCUT2D eigenvalue weighted by atomic mass is 9.53. The third-order valence-corrected chi connectivity index (χ3v) is 5.74. The van der Waals surface area contributed by atoms with Crippen LogP contribution in [0.5, 0.6) is 0 Å². The van der Waals surface area contributed by atoms with Crippen molar-refractivity contribution in [3.8, 4) is 0 Å². The summed E-state index contributed by atoms with van der Waals surface area (Å²) in [5, 5.41) is 3.36. The van der Waals surface area contributed by atoms with Crippen molar-refractivity contribution < 1.29 is 4.79 Å². The Bertz CT molecular complexity index is 334. The van der Waals surface area contributed by atoms with Crippen LogP contribution in [0.3, 0.4) is 0 Å². The molecular weight excluding hydrogens is 295 g/mol. The first kappa shape index (κ1) is 14.8. The lowest BCUT2D eigenvalue weighted by Gasteiger charge is -2.57. The standard InChI is InChI=1S/C15H24Cl2N2O/c16-1-3-19(4-2-17)14(20)18-15-8-11-5-12(9-15)7-13(6-11)10-15/h11-13H,1-10H2,(H,18,20). The molecule has 4 bridgehead atoms. The van der Waals surface area contributed by atoms with Crippen molar-refractivity contribution in [2.24, 2.45) is 17.8 Å². The molecule has 20 heavy (non-hydrogen) atoms. The lowest BCUT2D eigenvalue weighted by molar-refractivity contribution is -0.0155. The molecule has 0 aromatic heterocycles. The first-order valence-electron chi connectivity index (χ1n) is 7.83. The molecule has 5 heteroatoms. The summed E-state index contributed by atoms with van der Waals surface area (Å²) in [4.78, 5) is 14.3. The Balaban J connectivity index is 1.65. The predicted molar refractivity (Wildman–Crippen MR) is 82.4 cm³/mol. The topological polar surface area (TPSA) is 32.3 Å². The van der Waals surface area contributed by atoms with Crippen molar-refractivity contribution in [3.05, 3.63) is 0 Å². The van der Waals surface area contributed by atoms with Gasteiger partial charge in [-0.05, 0) is 56.3 Å². The van der Waals surface area contributed by atoms with E-state index >= 15 is 0 Å². The van der Waals surface area contributed by atoms with Crippen molar-refractivity contribution in [2.75, 3.05) is 24.8 Å². The second-order valence-corrected chi connectivity index (χ2v) is 7.75. The Morgan fingerprint density at radius 3 is 1.85 bits per heavy atom. The molecule has 0 aromatic carbocycles. The van der Waals surface area contributed by atoms with Gasteiger partial charge in [-0.15, -0.1) is 23.2 Å². The van der Waals surface area contributed by atoms with Gasteiger partial charge >= 0.3 is 6.03 Å². The van der Waals surface area contributed by atoms with Gasteiger partial charge in [-0.2, -0.15) is 0 Å². The Morgan fingerprint density at radius 1 is 1.00 bits per heavy atom. The number of hydrogen-bond acceptors (Lipinski definition) is 1. The molecule has 0 radical (unpaired) electrons. The minimum Gasteiger partial charge on any atom is -0.333 e.